The quantitative estimate of drug-likeness (QED) is 0.362. The van der Waals surface area contributed by atoms with Crippen molar-refractivity contribution in [2.24, 2.45) is 0 Å². The number of nitriles is 1. The number of rotatable bonds is 3. The molecule has 0 bridgehead atoms. The second-order valence-electron chi connectivity index (χ2n) is 3.61. The first-order valence-corrected chi connectivity index (χ1v) is 6.34. The Morgan fingerprint density at radius 3 is 2.75 bits per heavy atom. The summed E-state index contributed by atoms with van der Waals surface area (Å²) in [4.78, 5) is 12.2. The normalized spacial score (nSPS) is 17.6. The lowest BCUT2D eigenvalue weighted by atomic mass is 10.1. The van der Waals surface area contributed by atoms with Crippen LogP contribution in [-0.2, 0) is 4.79 Å². The fourth-order valence-electron chi connectivity index (χ4n) is 1.34. The van der Waals surface area contributed by atoms with Crippen LogP contribution in [0.5, 0.6) is 0 Å². The van der Waals surface area contributed by atoms with E-state index in [4.69, 9.17) is 5.26 Å². The van der Waals surface area contributed by atoms with E-state index in [0.29, 0.717) is 0 Å². The van der Waals surface area contributed by atoms with Gasteiger partial charge in [0.1, 0.15) is 11.6 Å². The Morgan fingerprint density at radius 1 is 1.62 bits per heavy atom. The molecule has 16 heavy (non-hydrogen) atoms. The van der Waals surface area contributed by atoms with Crippen molar-refractivity contribution < 1.29 is 4.79 Å². The summed E-state index contributed by atoms with van der Waals surface area (Å²) in [5.74, 6) is 1.12. The van der Waals surface area contributed by atoms with Gasteiger partial charge in [0.05, 0.1) is 0 Å². The summed E-state index contributed by atoms with van der Waals surface area (Å²) in [6.07, 6.45) is 4.71. The molecule has 0 saturated carbocycles. The van der Waals surface area contributed by atoms with Crippen LogP contribution in [0.4, 0.5) is 0 Å². The highest BCUT2D eigenvalue weighted by molar-refractivity contribution is 8.03. The van der Waals surface area contributed by atoms with E-state index in [1.54, 1.807) is 6.08 Å². The molecule has 4 heteroatoms. The molecule has 0 radical (unpaired) electrons. The molecule has 1 aliphatic heterocycles. The maximum absolute atomic E-state index is 10.9. The van der Waals surface area contributed by atoms with Crippen LogP contribution in [0.15, 0.2) is 33.8 Å². The topological polar surface area (TPSA) is 40.9 Å². The number of carbonyl (C=O) groups is 1. The van der Waals surface area contributed by atoms with E-state index in [1.807, 2.05) is 30.8 Å². The smallest absolute Gasteiger partial charge is 0.226 e. The van der Waals surface area contributed by atoms with Crippen LogP contribution in [0.25, 0.3) is 0 Å². The summed E-state index contributed by atoms with van der Waals surface area (Å²) in [5, 5.41) is 8.24. The van der Waals surface area contributed by atoms with Crippen molar-refractivity contribution in [3.63, 3.8) is 0 Å². The number of thioether (sulfide) groups is 1. The first kappa shape index (κ1) is 13.1. The summed E-state index contributed by atoms with van der Waals surface area (Å²) < 4.78 is 0. The third-order valence-electron chi connectivity index (χ3n) is 2.24. The Kier molecular flexibility index (Phi) is 4.91. The number of thiol groups is 1. The highest BCUT2D eigenvalue weighted by Gasteiger charge is 2.09. The molecule has 0 spiro atoms. The van der Waals surface area contributed by atoms with Crippen molar-refractivity contribution in [1.29, 1.82) is 5.26 Å². The zero-order valence-electron chi connectivity index (χ0n) is 9.28. The van der Waals surface area contributed by atoms with Crippen molar-refractivity contribution in [3.8, 4) is 6.07 Å². The molecule has 0 fully saturated rings. The average molecular weight is 251 g/mol. The van der Waals surface area contributed by atoms with E-state index in [0.717, 1.165) is 17.7 Å². The number of carbonyl (C=O) groups excluding carboxylic acids is 1. The van der Waals surface area contributed by atoms with Crippen molar-refractivity contribution in [1.82, 2.24) is 0 Å². The summed E-state index contributed by atoms with van der Waals surface area (Å²) in [6, 6.07) is 1.84. The molecule has 0 aliphatic carbocycles. The highest BCUT2D eigenvalue weighted by atomic mass is 32.2. The Labute approximate surface area is 106 Å². The van der Waals surface area contributed by atoms with Crippen molar-refractivity contribution in [2.45, 2.75) is 20.3 Å². The second kappa shape index (κ2) is 5.97. The molecule has 0 aromatic carbocycles. The Morgan fingerprint density at radius 2 is 2.31 bits per heavy atom. The van der Waals surface area contributed by atoms with Crippen molar-refractivity contribution in [2.75, 3.05) is 5.75 Å². The van der Waals surface area contributed by atoms with Gasteiger partial charge in [-0.15, -0.1) is 11.8 Å². The van der Waals surface area contributed by atoms with Gasteiger partial charge >= 0.3 is 0 Å². The van der Waals surface area contributed by atoms with Gasteiger partial charge in [0.15, 0.2) is 0 Å². The molecule has 0 unspecified atom stereocenters. The van der Waals surface area contributed by atoms with Gasteiger partial charge in [0, 0.05) is 10.7 Å². The molecule has 1 rings (SSSR count). The standard InChI is InChI=1S/C12H13NOS2/c1-8(5-10(7-13)12(14)15)6-11-9(2)3-4-16-11/h5-6H,3-4H2,1-2H3,(H,14,15)/b8-6+,10-5+. The molecular formula is C12H13NOS2. The number of nitrogens with zero attached hydrogens (tertiary/aromatic N) is 1. The molecule has 0 aromatic rings. The van der Waals surface area contributed by atoms with E-state index in [1.165, 1.54) is 10.5 Å². The maximum Gasteiger partial charge on any atom is 0.226 e. The van der Waals surface area contributed by atoms with E-state index in [9.17, 15) is 4.79 Å². The number of hydrogen-bond acceptors (Lipinski definition) is 3. The SMILES string of the molecule is CC1=C(/C=C(C)/C=C(\C#N)C(=O)S)SCC1. The number of hydrogen-bond donors (Lipinski definition) is 1. The van der Waals surface area contributed by atoms with Gasteiger partial charge in [-0.3, -0.25) is 4.79 Å². The Balaban J connectivity index is 2.91. The first-order chi connectivity index (χ1) is 7.54. The lowest BCUT2D eigenvalue weighted by Crippen LogP contribution is -1.90. The largest absolute Gasteiger partial charge is 0.281 e. The van der Waals surface area contributed by atoms with E-state index in [-0.39, 0.29) is 5.57 Å². The zero-order chi connectivity index (χ0) is 12.1. The predicted octanol–water partition coefficient (Wildman–Crippen LogP) is 3.25. The molecule has 1 heterocycles. The molecule has 0 aromatic heterocycles. The molecule has 2 nitrogen and oxygen atoms in total. The minimum absolute atomic E-state index is 0.0818. The van der Waals surface area contributed by atoms with Crippen LogP contribution in [0.3, 0.4) is 0 Å². The molecule has 1 aliphatic rings. The Bertz CT molecular complexity index is 438. The van der Waals surface area contributed by atoms with Crippen LogP contribution in [0.1, 0.15) is 20.3 Å². The van der Waals surface area contributed by atoms with Gasteiger partial charge in [0.2, 0.25) is 5.12 Å². The Hall–Kier alpha value is -0.920. The summed E-state index contributed by atoms with van der Waals surface area (Å²) in [6.45, 7) is 3.99. The van der Waals surface area contributed by atoms with Gasteiger partial charge in [0.25, 0.3) is 0 Å². The predicted molar refractivity (Wildman–Crippen MR) is 71.2 cm³/mol. The minimum atomic E-state index is -0.486. The second-order valence-corrected chi connectivity index (χ2v) is 5.15. The van der Waals surface area contributed by atoms with Gasteiger partial charge in [-0.25, -0.2) is 0 Å². The molecular weight excluding hydrogens is 238 g/mol. The van der Waals surface area contributed by atoms with Gasteiger partial charge in [-0.2, -0.15) is 5.26 Å². The molecule has 0 N–H and O–H groups in total. The van der Waals surface area contributed by atoms with Crippen LogP contribution in [0.2, 0.25) is 0 Å². The summed E-state index contributed by atoms with van der Waals surface area (Å²) in [5.41, 5.74) is 2.36. The van der Waals surface area contributed by atoms with Gasteiger partial charge in [-0.05, 0) is 38.0 Å². The third kappa shape index (κ3) is 3.58. The van der Waals surface area contributed by atoms with Crippen LogP contribution in [0, 0.1) is 11.3 Å². The third-order valence-corrected chi connectivity index (χ3v) is 3.66. The van der Waals surface area contributed by atoms with Crippen LogP contribution < -0.4 is 0 Å². The monoisotopic (exact) mass is 251 g/mol. The van der Waals surface area contributed by atoms with Crippen molar-refractivity contribution >= 4 is 29.5 Å². The first-order valence-electron chi connectivity index (χ1n) is 4.90. The lowest BCUT2D eigenvalue weighted by Gasteiger charge is -1.97. The van der Waals surface area contributed by atoms with Crippen LogP contribution in [-0.4, -0.2) is 10.9 Å². The van der Waals surface area contributed by atoms with Crippen LogP contribution >= 0.6 is 24.4 Å². The van der Waals surface area contributed by atoms with Crippen molar-refractivity contribution in [3.05, 3.63) is 33.8 Å². The summed E-state index contributed by atoms with van der Waals surface area (Å²) >= 11 is 5.45. The fraction of sp³-hybridized carbons (Fsp3) is 0.333. The van der Waals surface area contributed by atoms with E-state index in [2.05, 4.69) is 19.6 Å². The molecule has 0 atom stereocenters. The maximum atomic E-state index is 10.9. The average Bonchev–Trinajstić information content (AvgIpc) is 2.60. The molecule has 0 amide bonds. The highest BCUT2D eigenvalue weighted by Crippen LogP contribution is 2.32. The van der Waals surface area contributed by atoms with E-state index >= 15 is 0 Å². The zero-order valence-corrected chi connectivity index (χ0v) is 11.0. The molecule has 84 valence electrons. The minimum Gasteiger partial charge on any atom is -0.281 e. The van der Waals surface area contributed by atoms with E-state index < -0.39 is 5.12 Å². The number of allylic oxidation sites excluding steroid dienone is 4. The van der Waals surface area contributed by atoms with Gasteiger partial charge < -0.3 is 0 Å². The summed E-state index contributed by atoms with van der Waals surface area (Å²) in [7, 11) is 0. The lowest BCUT2D eigenvalue weighted by molar-refractivity contribution is -0.107. The molecule has 0 saturated heterocycles. The van der Waals surface area contributed by atoms with Gasteiger partial charge in [-0.1, -0.05) is 18.2 Å². The fourth-order valence-corrected chi connectivity index (χ4v) is 2.70.